The highest BCUT2D eigenvalue weighted by molar-refractivity contribution is 6.06. The van der Waals surface area contributed by atoms with Crippen LogP contribution in [0.5, 0.6) is 0 Å². The van der Waals surface area contributed by atoms with Crippen molar-refractivity contribution in [2.24, 2.45) is 5.92 Å². The summed E-state index contributed by atoms with van der Waals surface area (Å²) in [7, 11) is 0. The first-order valence-electron chi connectivity index (χ1n) is 10.1. The van der Waals surface area contributed by atoms with Gasteiger partial charge in [-0.1, -0.05) is 24.3 Å². The van der Waals surface area contributed by atoms with Gasteiger partial charge >= 0.3 is 0 Å². The van der Waals surface area contributed by atoms with E-state index in [1.54, 1.807) is 40.9 Å². The minimum Gasteiger partial charge on any atom is -0.396 e. The molecule has 1 saturated heterocycles. The van der Waals surface area contributed by atoms with E-state index < -0.39 is 17.4 Å². The molecular weight excluding hydrogens is 386 g/mol. The average Bonchev–Trinajstić information content (AvgIpc) is 3.27. The summed E-state index contributed by atoms with van der Waals surface area (Å²) in [5.41, 5.74) is 0.795. The molecule has 9 heteroatoms. The van der Waals surface area contributed by atoms with Gasteiger partial charge in [-0.25, -0.2) is 0 Å². The van der Waals surface area contributed by atoms with Crippen molar-refractivity contribution in [3.05, 3.63) is 47.8 Å². The van der Waals surface area contributed by atoms with E-state index in [4.69, 9.17) is 5.11 Å². The first-order chi connectivity index (χ1) is 14.4. The molecule has 0 saturated carbocycles. The Kier molecular flexibility index (Phi) is 5.40. The van der Waals surface area contributed by atoms with E-state index in [9.17, 15) is 14.7 Å². The zero-order valence-electron chi connectivity index (χ0n) is 16.8. The predicted octanol–water partition coefficient (Wildman–Crippen LogP) is 0.972. The van der Waals surface area contributed by atoms with Crippen LogP contribution in [0.2, 0.25) is 0 Å². The summed E-state index contributed by atoms with van der Waals surface area (Å²) >= 11 is 0. The lowest BCUT2D eigenvalue weighted by Crippen LogP contribution is -2.44. The van der Waals surface area contributed by atoms with Gasteiger partial charge in [0.25, 0.3) is 5.91 Å². The Morgan fingerprint density at radius 2 is 2.20 bits per heavy atom. The Hall–Kier alpha value is -3.04. The van der Waals surface area contributed by atoms with Crippen LogP contribution in [-0.4, -0.2) is 50.2 Å². The number of β-lactam (4-membered cyclic amide) rings is 1. The predicted molar refractivity (Wildman–Crippen MR) is 110 cm³/mol. The smallest absolute Gasteiger partial charge is 0.261 e. The molecule has 9 nitrogen and oxygen atoms in total. The third-order valence-corrected chi connectivity index (χ3v) is 5.73. The molecule has 0 radical (unpaired) electrons. The van der Waals surface area contributed by atoms with Crippen molar-refractivity contribution in [3.8, 4) is 0 Å². The van der Waals surface area contributed by atoms with Crippen LogP contribution in [0.4, 0.5) is 11.4 Å². The van der Waals surface area contributed by atoms with Crippen molar-refractivity contribution >= 4 is 23.2 Å². The number of benzene rings is 1. The number of nitrogens with zero attached hydrogens (tertiary/aromatic N) is 4. The van der Waals surface area contributed by atoms with E-state index in [0.717, 1.165) is 5.69 Å². The molecule has 2 aliphatic heterocycles. The van der Waals surface area contributed by atoms with E-state index >= 15 is 0 Å². The fraction of sp³-hybridized carbons (Fsp3) is 0.429. The number of hydrogen-bond acceptors (Lipinski definition) is 6. The van der Waals surface area contributed by atoms with Crippen molar-refractivity contribution in [1.29, 1.82) is 0 Å². The Morgan fingerprint density at radius 1 is 1.37 bits per heavy atom. The summed E-state index contributed by atoms with van der Waals surface area (Å²) in [4.78, 5) is 26.0. The second-order valence-electron chi connectivity index (χ2n) is 7.70. The second kappa shape index (κ2) is 8.00. The SMILES string of the molecule is C[C@H](/C=C/CCn1cc(CCO)nn1)[C@@]1(O)C(=O)Nc2ccc(N3CCC3=O)cc21. The number of amides is 2. The van der Waals surface area contributed by atoms with Crippen LogP contribution in [-0.2, 0) is 28.2 Å². The Balaban J connectivity index is 1.46. The lowest BCUT2D eigenvalue weighted by atomic mass is 9.82. The zero-order valence-corrected chi connectivity index (χ0v) is 16.8. The van der Waals surface area contributed by atoms with Crippen LogP contribution in [0.25, 0.3) is 0 Å². The van der Waals surface area contributed by atoms with Crippen molar-refractivity contribution in [2.45, 2.75) is 38.3 Å². The highest BCUT2D eigenvalue weighted by Crippen LogP contribution is 2.43. The van der Waals surface area contributed by atoms with E-state index in [2.05, 4.69) is 15.6 Å². The van der Waals surface area contributed by atoms with Gasteiger partial charge in [0.05, 0.1) is 5.69 Å². The van der Waals surface area contributed by atoms with Crippen LogP contribution in [0.3, 0.4) is 0 Å². The highest BCUT2D eigenvalue weighted by Gasteiger charge is 2.49. The Bertz CT molecular complexity index is 1000. The number of nitrogens with one attached hydrogen (secondary N) is 1. The number of hydrogen-bond donors (Lipinski definition) is 3. The summed E-state index contributed by atoms with van der Waals surface area (Å²) in [5, 5.41) is 31.0. The zero-order chi connectivity index (χ0) is 21.3. The van der Waals surface area contributed by atoms with Gasteiger partial charge in [0.1, 0.15) is 0 Å². The van der Waals surface area contributed by atoms with Crippen LogP contribution in [0, 0.1) is 5.92 Å². The number of allylic oxidation sites excluding steroid dienone is 1. The van der Waals surface area contributed by atoms with Gasteiger partial charge < -0.3 is 20.4 Å². The summed E-state index contributed by atoms with van der Waals surface area (Å²) in [5.74, 6) is -0.896. The molecule has 0 bridgehead atoms. The molecule has 0 spiro atoms. The van der Waals surface area contributed by atoms with Gasteiger partial charge in [0.2, 0.25) is 5.91 Å². The number of anilines is 2. The third-order valence-electron chi connectivity index (χ3n) is 5.73. The van der Waals surface area contributed by atoms with Crippen molar-refractivity contribution in [3.63, 3.8) is 0 Å². The molecule has 3 heterocycles. The van der Waals surface area contributed by atoms with Crippen LogP contribution in [0.1, 0.15) is 31.0 Å². The van der Waals surface area contributed by atoms with Crippen molar-refractivity contribution in [1.82, 2.24) is 15.0 Å². The Morgan fingerprint density at radius 3 is 2.90 bits per heavy atom. The molecule has 1 aromatic carbocycles. The number of aromatic nitrogens is 3. The molecule has 30 heavy (non-hydrogen) atoms. The Labute approximate surface area is 174 Å². The fourth-order valence-corrected chi connectivity index (χ4v) is 3.83. The summed E-state index contributed by atoms with van der Waals surface area (Å²) in [6, 6.07) is 5.25. The fourth-order valence-electron chi connectivity index (χ4n) is 3.83. The van der Waals surface area contributed by atoms with Crippen molar-refractivity contribution < 1.29 is 19.8 Å². The molecule has 1 aromatic heterocycles. The van der Waals surface area contributed by atoms with E-state index in [1.807, 2.05) is 12.2 Å². The number of aliphatic hydroxyl groups excluding tert-OH is 1. The number of carbonyl (C=O) groups is 2. The quantitative estimate of drug-likeness (QED) is 0.440. The highest BCUT2D eigenvalue weighted by atomic mass is 16.3. The number of aryl methyl sites for hydroxylation is 1. The molecule has 158 valence electrons. The van der Waals surface area contributed by atoms with E-state index in [1.165, 1.54) is 0 Å². The topological polar surface area (TPSA) is 121 Å². The van der Waals surface area contributed by atoms with E-state index in [0.29, 0.717) is 49.3 Å². The minimum atomic E-state index is -1.70. The largest absolute Gasteiger partial charge is 0.396 e. The molecule has 3 N–H and O–H groups in total. The normalized spacial score (nSPS) is 21.6. The summed E-state index contributed by atoms with van der Waals surface area (Å²) in [6.07, 6.45) is 7.16. The van der Waals surface area contributed by atoms with Crippen molar-refractivity contribution in [2.75, 3.05) is 23.4 Å². The maximum atomic E-state index is 12.6. The standard InChI is InChI=1S/C21H25N5O4/c1-14(4-2-3-9-25-13-15(8-11-27)23-24-25)21(30)17-12-16(26-10-7-19(26)28)5-6-18(17)22-20(21)29/h2,4-6,12-14,27,30H,3,7-11H2,1H3,(H,22,29)/b4-2+/t14-,21+/m1/s1. The molecule has 2 amide bonds. The molecule has 2 aliphatic rings. The van der Waals surface area contributed by atoms with Gasteiger partial charge in [0, 0.05) is 61.6 Å². The molecular formula is C21H25N5O4. The van der Waals surface area contributed by atoms with Gasteiger partial charge in [-0.3, -0.25) is 14.3 Å². The van der Waals surface area contributed by atoms with Gasteiger partial charge in [-0.05, 0) is 24.6 Å². The van der Waals surface area contributed by atoms with Gasteiger partial charge in [0.15, 0.2) is 5.60 Å². The average molecular weight is 411 g/mol. The number of aliphatic hydroxyl groups is 2. The summed E-state index contributed by atoms with van der Waals surface area (Å²) < 4.78 is 1.70. The summed E-state index contributed by atoms with van der Waals surface area (Å²) in [6.45, 7) is 3.08. The molecule has 1 fully saturated rings. The maximum absolute atomic E-state index is 12.6. The molecule has 0 unspecified atom stereocenters. The third kappa shape index (κ3) is 3.50. The maximum Gasteiger partial charge on any atom is 0.261 e. The lowest BCUT2D eigenvalue weighted by molar-refractivity contribution is -0.137. The van der Waals surface area contributed by atoms with Crippen LogP contribution < -0.4 is 10.2 Å². The lowest BCUT2D eigenvalue weighted by Gasteiger charge is -2.32. The number of fused-ring (bicyclic) bond motifs is 1. The molecule has 4 rings (SSSR count). The van der Waals surface area contributed by atoms with Gasteiger partial charge in [-0.15, -0.1) is 5.10 Å². The number of carbonyl (C=O) groups excluding carboxylic acids is 2. The second-order valence-corrected chi connectivity index (χ2v) is 7.70. The van der Waals surface area contributed by atoms with Crippen LogP contribution >= 0.6 is 0 Å². The molecule has 2 aromatic rings. The first-order valence-corrected chi connectivity index (χ1v) is 10.1. The molecule has 2 atom stereocenters. The monoisotopic (exact) mass is 411 g/mol. The van der Waals surface area contributed by atoms with E-state index in [-0.39, 0.29) is 12.5 Å². The van der Waals surface area contributed by atoms with Crippen LogP contribution in [0.15, 0.2) is 36.5 Å². The minimum absolute atomic E-state index is 0.0336. The molecule has 0 aliphatic carbocycles. The number of rotatable bonds is 8. The van der Waals surface area contributed by atoms with Gasteiger partial charge in [-0.2, -0.15) is 0 Å². The first kappa shape index (κ1) is 20.2.